The van der Waals surface area contributed by atoms with E-state index < -0.39 is 10.8 Å². The first-order valence-corrected chi connectivity index (χ1v) is 9.86. The average molecular weight is 350 g/mol. The van der Waals surface area contributed by atoms with E-state index in [4.69, 9.17) is 11.6 Å². The lowest BCUT2D eigenvalue weighted by atomic mass is 10.0. The largest absolute Gasteiger partial charge is 0.253 e. The molecule has 22 heavy (non-hydrogen) atoms. The van der Waals surface area contributed by atoms with Crippen LogP contribution in [0.3, 0.4) is 0 Å². The summed E-state index contributed by atoms with van der Waals surface area (Å²) in [6.45, 7) is 0. The summed E-state index contributed by atoms with van der Waals surface area (Å²) < 4.78 is 13.6. The Bertz CT molecular complexity index is 724. The second-order valence-electron chi connectivity index (χ2n) is 5.49. The summed E-state index contributed by atoms with van der Waals surface area (Å²) in [5.74, 6) is 0. The van der Waals surface area contributed by atoms with Crippen LogP contribution in [0.1, 0.15) is 37.7 Å². The van der Waals surface area contributed by atoms with Crippen LogP contribution >= 0.6 is 22.9 Å². The summed E-state index contributed by atoms with van der Waals surface area (Å²) in [7, 11) is -1.07. The zero-order valence-corrected chi connectivity index (χ0v) is 14.4. The number of nitriles is 1. The van der Waals surface area contributed by atoms with Crippen molar-refractivity contribution in [1.82, 2.24) is 0 Å². The van der Waals surface area contributed by atoms with Crippen LogP contribution in [0.5, 0.6) is 0 Å². The molecule has 1 fully saturated rings. The molecule has 1 aliphatic carbocycles. The lowest BCUT2D eigenvalue weighted by Crippen LogP contribution is -2.18. The number of benzene rings is 1. The molecule has 1 saturated carbocycles. The van der Waals surface area contributed by atoms with Gasteiger partial charge in [-0.1, -0.05) is 43.0 Å². The van der Waals surface area contributed by atoms with Gasteiger partial charge in [0.25, 0.3) is 0 Å². The first-order chi connectivity index (χ1) is 10.7. The Balaban J connectivity index is 1.95. The van der Waals surface area contributed by atoms with Crippen molar-refractivity contribution in [2.24, 2.45) is 0 Å². The van der Waals surface area contributed by atoms with E-state index >= 15 is 0 Å². The Morgan fingerprint density at radius 3 is 2.50 bits per heavy atom. The van der Waals surface area contributed by atoms with Crippen molar-refractivity contribution in [1.29, 1.82) is 5.26 Å². The molecule has 0 saturated heterocycles. The summed E-state index contributed by atoms with van der Waals surface area (Å²) in [4.78, 5) is 0. The molecule has 1 atom stereocenters. The molecule has 2 aromatic rings. The summed E-state index contributed by atoms with van der Waals surface area (Å²) in [6, 6.07) is 9.69. The fourth-order valence-electron chi connectivity index (χ4n) is 2.87. The maximum absolute atomic E-state index is 12.8. The van der Waals surface area contributed by atoms with E-state index in [9.17, 15) is 9.47 Å². The molecule has 114 valence electrons. The van der Waals surface area contributed by atoms with Crippen LogP contribution in [0.25, 0.3) is 11.1 Å². The third kappa shape index (κ3) is 3.12. The van der Waals surface area contributed by atoms with Crippen molar-refractivity contribution in [3.63, 3.8) is 0 Å². The van der Waals surface area contributed by atoms with Gasteiger partial charge in [0.15, 0.2) is 0 Å². The van der Waals surface area contributed by atoms with Crippen molar-refractivity contribution in [2.75, 3.05) is 0 Å². The molecule has 0 bridgehead atoms. The minimum absolute atomic E-state index is 0.206. The summed E-state index contributed by atoms with van der Waals surface area (Å²) in [6.07, 6.45) is 5.54. The van der Waals surface area contributed by atoms with E-state index in [1.54, 1.807) is 0 Å². The molecule has 0 amide bonds. The predicted molar refractivity (Wildman–Crippen MR) is 92.8 cm³/mol. The molecule has 1 aromatic carbocycles. The molecule has 0 spiro atoms. The monoisotopic (exact) mass is 349 g/mol. The van der Waals surface area contributed by atoms with Gasteiger partial charge in [-0.15, -0.1) is 11.3 Å². The van der Waals surface area contributed by atoms with Gasteiger partial charge in [-0.05, 0) is 30.5 Å². The lowest BCUT2D eigenvalue weighted by Gasteiger charge is -2.20. The first kappa shape index (κ1) is 15.7. The molecular formula is C17H16ClNOS2. The van der Waals surface area contributed by atoms with Gasteiger partial charge in [-0.2, -0.15) is 5.26 Å². The molecular weight excluding hydrogens is 334 g/mol. The molecule has 0 unspecified atom stereocenters. The number of rotatable bonds is 3. The summed E-state index contributed by atoms with van der Waals surface area (Å²) in [5.41, 5.74) is 2.38. The molecule has 0 radical (unpaired) electrons. The number of hydrogen-bond donors (Lipinski definition) is 0. The van der Waals surface area contributed by atoms with Crippen molar-refractivity contribution >= 4 is 33.7 Å². The van der Waals surface area contributed by atoms with Gasteiger partial charge in [0.05, 0.1) is 16.4 Å². The minimum Gasteiger partial charge on any atom is -0.253 e. The molecule has 0 N–H and O–H groups in total. The standard InChI is InChI=1S/C17H16ClNOS2/c18-13-8-6-12(7-9-13)16-11-21-17(15(16)10-19)22(20)14-4-2-1-3-5-14/h6-9,11,14H,1-5H2/t22-/m1/s1. The maximum atomic E-state index is 12.8. The quantitative estimate of drug-likeness (QED) is 0.746. The number of hydrogen-bond acceptors (Lipinski definition) is 3. The number of thiophene rings is 1. The van der Waals surface area contributed by atoms with Crippen molar-refractivity contribution in [2.45, 2.75) is 41.6 Å². The predicted octanol–water partition coefficient (Wildman–Crippen LogP) is 5.38. The van der Waals surface area contributed by atoms with Gasteiger partial charge in [0, 0.05) is 21.2 Å². The second-order valence-corrected chi connectivity index (χ2v) is 8.73. The molecule has 1 aliphatic rings. The fraction of sp³-hybridized carbons (Fsp3) is 0.353. The molecule has 5 heteroatoms. The van der Waals surface area contributed by atoms with Crippen LogP contribution in [0.4, 0.5) is 0 Å². The molecule has 0 aliphatic heterocycles. The van der Waals surface area contributed by atoms with Gasteiger partial charge >= 0.3 is 0 Å². The van der Waals surface area contributed by atoms with E-state index in [0.29, 0.717) is 10.6 Å². The Labute approximate surface area is 142 Å². The molecule has 1 heterocycles. The van der Waals surface area contributed by atoms with Crippen molar-refractivity contribution in [3.8, 4) is 17.2 Å². The Morgan fingerprint density at radius 2 is 1.86 bits per heavy atom. The first-order valence-electron chi connectivity index (χ1n) is 7.39. The second kappa shape index (κ2) is 6.95. The van der Waals surface area contributed by atoms with Gasteiger partial charge in [0.1, 0.15) is 10.3 Å². The fourth-order valence-corrected chi connectivity index (χ4v) is 6.10. The van der Waals surface area contributed by atoms with E-state index in [0.717, 1.165) is 41.0 Å². The van der Waals surface area contributed by atoms with Crippen LogP contribution in [0.2, 0.25) is 5.02 Å². The van der Waals surface area contributed by atoms with Crippen molar-refractivity contribution in [3.05, 3.63) is 40.2 Å². The SMILES string of the molecule is N#Cc1c(-c2ccc(Cl)cc2)csc1[S@](=O)C1CCCCC1. The van der Waals surface area contributed by atoms with Crippen LogP contribution in [-0.2, 0) is 10.8 Å². The zero-order valence-electron chi connectivity index (χ0n) is 12.0. The summed E-state index contributed by atoms with van der Waals surface area (Å²) >= 11 is 7.36. The Kier molecular flexibility index (Phi) is 4.97. The van der Waals surface area contributed by atoms with Crippen LogP contribution in [-0.4, -0.2) is 9.46 Å². The highest BCUT2D eigenvalue weighted by Crippen LogP contribution is 2.36. The van der Waals surface area contributed by atoms with E-state index in [2.05, 4.69) is 6.07 Å². The topological polar surface area (TPSA) is 40.9 Å². The van der Waals surface area contributed by atoms with Crippen LogP contribution in [0, 0.1) is 11.3 Å². The number of halogens is 1. The van der Waals surface area contributed by atoms with Gasteiger partial charge < -0.3 is 0 Å². The normalized spacial score (nSPS) is 17.1. The number of nitrogens with zero attached hydrogens (tertiary/aromatic N) is 1. The van der Waals surface area contributed by atoms with Crippen molar-refractivity contribution < 1.29 is 4.21 Å². The average Bonchev–Trinajstić information content (AvgIpc) is 2.99. The molecule has 2 nitrogen and oxygen atoms in total. The minimum atomic E-state index is -1.07. The van der Waals surface area contributed by atoms with Gasteiger partial charge in [0.2, 0.25) is 0 Å². The lowest BCUT2D eigenvalue weighted by molar-refractivity contribution is 0.505. The Hall–Kier alpha value is -1.15. The van der Waals surface area contributed by atoms with Gasteiger partial charge in [-0.25, -0.2) is 0 Å². The third-order valence-electron chi connectivity index (χ3n) is 4.06. The van der Waals surface area contributed by atoms with Crippen LogP contribution in [0.15, 0.2) is 33.9 Å². The third-order valence-corrected chi connectivity index (χ3v) is 7.51. The maximum Gasteiger partial charge on any atom is 0.110 e. The van der Waals surface area contributed by atoms with E-state index in [-0.39, 0.29) is 5.25 Å². The Morgan fingerprint density at radius 1 is 1.18 bits per heavy atom. The van der Waals surface area contributed by atoms with Gasteiger partial charge in [-0.3, -0.25) is 4.21 Å². The highest BCUT2D eigenvalue weighted by molar-refractivity contribution is 7.88. The summed E-state index contributed by atoms with van der Waals surface area (Å²) in [5, 5.41) is 12.4. The molecule has 1 aromatic heterocycles. The van der Waals surface area contributed by atoms with E-state index in [1.807, 2.05) is 29.6 Å². The smallest absolute Gasteiger partial charge is 0.110 e. The highest BCUT2D eigenvalue weighted by Gasteiger charge is 2.26. The molecule has 3 rings (SSSR count). The van der Waals surface area contributed by atoms with Crippen LogP contribution < -0.4 is 0 Å². The van der Waals surface area contributed by atoms with E-state index in [1.165, 1.54) is 17.8 Å². The highest BCUT2D eigenvalue weighted by atomic mass is 35.5. The zero-order chi connectivity index (χ0) is 15.5.